The highest BCUT2D eigenvalue weighted by molar-refractivity contribution is 5.55. The summed E-state index contributed by atoms with van der Waals surface area (Å²) in [6, 6.07) is 5.46. The van der Waals surface area contributed by atoms with Crippen LogP contribution in [0.15, 0.2) is 36.8 Å². The van der Waals surface area contributed by atoms with Crippen molar-refractivity contribution >= 4 is 17.5 Å². The molecule has 0 bridgehead atoms. The number of nitrogens with zero attached hydrogens (tertiary/aromatic N) is 5. The van der Waals surface area contributed by atoms with Crippen molar-refractivity contribution in [3.8, 4) is 17.2 Å². The molecule has 1 fully saturated rings. The number of ether oxygens (including phenoxy) is 3. The van der Waals surface area contributed by atoms with Gasteiger partial charge in [0.15, 0.2) is 28.9 Å². The highest BCUT2D eigenvalue weighted by Gasteiger charge is 2.23. The second kappa shape index (κ2) is 12.7. The maximum Gasteiger partial charge on any atom is 0.227 e. The Morgan fingerprint density at radius 2 is 1.68 bits per heavy atom. The molecule has 0 unspecified atom stereocenters. The molecule has 3 aromatic rings. The Morgan fingerprint density at radius 1 is 1.03 bits per heavy atom. The van der Waals surface area contributed by atoms with Crippen molar-refractivity contribution in [2.24, 2.45) is 0 Å². The number of aromatic nitrogens is 3. The molecule has 1 aromatic carbocycles. The molecule has 1 aliphatic rings. The minimum absolute atomic E-state index is 0.146. The zero-order valence-electron chi connectivity index (χ0n) is 21.7. The fourth-order valence-corrected chi connectivity index (χ4v) is 4.33. The van der Waals surface area contributed by atoms with Crippen molar-refractivity contribution in [2.45, 2.75) is 25.5 Å². The number of benzene rings is 1. The minimum atomic E-state index is -0.862. The first-order chi connectivity index (χ1) is 18.4. The molecule has 0 radical (unpaired) electrons. The standard InChI is InChI=1S/C26H32F2N6O4/c1-33(10-11-35)18-6-8-34(9-7-18)23-5-4-17(13-29-23)32-26-30-14-19(15-31-26)38-16-20-24(27)21(36-2)12-22(37-3)25(20)28/h4-5,12-15,18,35H,6-11,16H2,1-3H3,(H,30,31,32). The van der Waals surface area contributed by atoms with Gasteiger partial charge in [0.1, 0.15) is 12.4 Å². The van der Waals surface area contributed by atoms with Crippen LogP contribution in [0.5, 0.6) is 17.2 Å². The first kappa shape index (κ1) is 27.3. The van der Waals surface area contributed by atoms with E-state index in [1.807, 2.05) is 19.2 Å². The number of hydrogen-bond acceptors (Lipinski definition) is 10. The number of likely N-dealkylation sites (N-methyl/N-ethyl adjacent to an activating group) is 1. The number of aliphatic hydroxyl groups excluding tert-OH is 1. The topological polar surface area (TPSA) is 105 Å². The molecular weight excluding hydrogens is 498 g/mol. The third kappa shape index (κ3) is 6.37. The van der Waals surface area contributed by atoms with E-state index in [0.717, 1.165) is 37.8 Å². The predicted molar refractivity (Wildman–Crippen MR) is 138 cm³/mol. The van der Waals surface area contributed by atoms with E-state index in [2.05, 4.69) is 30.1 Å². The summed E-state index contributed by atoms with van der Waals surface area (Å²) in [6.45, 7) is 2.27. The highest BCUT2D eigenvalue weighted by Crippen LogP contribution is 2.32. The number of halogens is 2. The van der Waals surface area contributed by atoms with Gasteiger partial charge < -0.3 is 34.4 Å². The van der Waals surface area contributed by atoms with Crippen molar-refractivity contribution in [3.63, 3.8) is 0 Å². The maximum atomic E-state index is 14.5. The largest absolute Gasteiger partial charge is 0.494 e. The van der Waals surface area contributed by atoms with Crippen LogP contribution in [0.25, 0.3) is 0 Å². The zero-order chi connectivity index (χ0) is 27.1. The number of anilines is 3. The van der Waals surface area contributed by atoms with Gasteiger partial charge in [-0.05, 0) is 32.0 Å². The molecule has 3 heterocycles. The Hall–Kier alpha value is -3.77. The molecule has 38 heavy (non-hydrogen) atoms. The third-order valence-electron chi connectivity index (χ3n) is 6.54. The third-order valence-corrected chi connectivity index (χ3v) is 6.54. The SMILES string of the molecule is COc1cc(OC)c(F)c(COc2cnc(Nc3ccc(N4CCC(N(C)CCO)CC4)nc3)nc2)c1F. The maximum absolute atomic E-state index is 14.5. The van der Waals surface area contributed by atoms with Gasteiger partial charge in [-0.2, -0.15) is 0 Å². The summed E-state index contributed by atoms with van der Waals surface area (Å²) >= 11 is 0. The summed E-state index contributed by atoms with van der Waals surface area (Å²) in [5.41, 5.74) is 0.392. The lowest BCUT2D eigenvalue weighted by Crippen LogP contribution is -2.44. The normalized spacial score (nSPS) is 14.0. The van der Waals surface area contributed by atoms with E-state index in [1.165, 1.54) is 26.6 Å². The van der Waals surface area contributed by atoms with Crippen molar-refractivity contribution in [1.29, 1.82) is 0 Å². The summed E-state index contributed by atoms with van der Waals surface area (Å²) in [7, 11) is 4.62. The number of methoxy groups -OCH3 is 2. The Kier molecular flexibility index (Phi) is 9.08. The summed E-state index contributed by atoms with van der Waals surface area (Å²) < 4.78 is 44.4. The fourth-order valence-electron chi connectivity index (χ4n) is 4.33. The van der Waals surface area contributed by atoms with Gasteiger partial charge in [0.2, 0.25) is 5.95 Å². The van der Waals surface area contributed by atoms with Crippen LogP contribution >= 0.6 is 0 Å². The summed E-state index contributed by atoms with van der Waals surface area (Å²) in [5, 5.41) is 12.2. The van der Waals surface area contributed by atoms with E-state index in [4.69, 9.17) is 19.3 Å². The zero-order valence-corrected chi connectivity index (χ0v) is 21.7. The molecule has 0 amide bonds. The van der Waals surface area contributed by atoms with Gasteiger partial charge in [0.05, 0.1) is 50.7 Å². The number of piperidine rings is 1. The van der Waals surface area contributed by atoms with E-state index in [0.29, 0.717) is 24.2 Å². The van der Waals surface area contributed by atoms with Crippen LogP contribution in [0.2, 0.25) is 0 Å². The number of rotatable bonds is 11. The van der Waals surface area contributed by atoms with Crippen LogP contribution in [-0.2, 0) is 6.61 Å². The Labute approximate surface area is 220 Å². The first-order valence-corrected chi connectivity index (χ1v) is 12.3. The number of aliphatic hydroxyl groups is 1. The number of nitrogens with one attached hydrogen (secondary N) is 1. The Bertz CT molecular complexity index is 1160. The fraction of sp³-hybridized carbons (Fsp3) is 0.423. The van der Waals surface area contributed by atoms with Crippen molar-refractivity contribution < 1.29 is 28.1 Å². The molecule has 2 N–H and O–H groups in total. The lowest BCUT2D eigenvalue weighted by Gasteiger charge is -2.37. The van der Waals surface area contributed by atoms with Crippen LogP contribution in [0, 0.1) is 11.6 Å². The second-order valence-corrected chi connectivity index (χ2v) is 8.87. The second-order valence-electron chi connectivity index (χ2n) is 8.87. The predicted octanol–water partition coefficient (Wildman–Crippen LogP) is 3.38. The van der Waals surface area contributed by atoms with Crippen LogP contribution in [-0.4, -0.2) is 78.5 Å². The molecule has 2 aromatic heterocycles. The lowest BCUT2D eigenvalue weighted by atomic mass is 10.0. The average molecular weight is 531 g/mol. The molecule has 1 saturated heterocycles. The Morgan fingerprint density at radius 3 is 2.24 bits per heavy atom. The minimum Gasteiger partial charge on any atom is -0.494 e. The molecule has 0 spiro atoms. The van der Waals surface area contributed by atoms with Crippen molar-refractivity contribution in [3.05, 3.63) is 54.0 Å². The first-order valence-electron chi connectivity index (χ1n) is 12.3. The number of hydrogen-bond donors (Lipinski definition) is 2. The van der Waals surface area contributed by atoms with Gasteiger partial charge in [0.25, 0.3) is 0 Å². The van der Waals surface area contributed by atoms with E-state index in [1.54, 1.807) is 6.20 Å². The van der Waals surface area contributed by atoms with Crippen LogP contribution < -0.4 is 24.4 Å². The Balaban J connectivity index is 1.32. The van der Waals surface area contributed by atoms with E-state index in [-0.39, 0.29) is 29.4 Å². The van der Waals surface area contributed by atoms with E-state index in [9.17, 15) is 8.78 Å². The summed E-state index contributed by atoms with van der Waals surface area (Å²) in [4.78, 5) is 17.4. The molecule has 10 nitrogen and oxygen atoms in total. The van der Waals surface area contributed by atoms with Gasteiger partial charge >= 0.3 is 0 Å². The molecule has 204 valence electrons. The van der Waals surface area contributed by atoms with Crippen molar-refractivity contribution in [2.75, 3.05) is 57.7 Å². The van der Waals surface area contributed by atoms with Gasteiger partial charge in [-0.3, -0.25) is 0 Å². The van der Waals surface area contributed by atoms with E-state index < -0.39 is 18.2 Å². The van der Waals surface area contributed by atoms with Gasteiger partial charge in [-0.1, -0.05) is 0 Å². The van der Waals surface area contributed by atoms with Gasteiger partial charge in [0, 0.05) is 31.7 Å². The highest BCUT2D eigenvalue weighted by atomic mass is 19.1. The average Bonchev–Trinajstić information content (AvgIpc) is 2.95. The molecule has 4 rings (SSSR count). The van der Waals surface area contributed by atoms with E-state index >= 15 is 0 Å². The lowest BCUT2D eigenvalue weighted by molar-refractivity contribution is 0.161. The monoisotopic (exact) mass is 530 g/mol. The van der Waals surface area contributed by atoms with Gasteiger partial charge in [-0.15, -0.1) is 0 Å². The molecule has 0 saturated carbocycles. The molecule has 1 aliphatic heterocycles. The van der Waals surface area contributed by atoms with Crippen LogP contribution in [0.1, 0.15) is 18.4 Å². The summed E-state index contributed by atoms with van der Waals surface area (Å²) in [5.74, 6) is -0.562. The molecule has 0 aliphatic carbocycles. The summed E-state index contributed by atoms with van der Waals surface area (Å²) in [6.07, 6.45) is 6.57. The van der Waals surface area contributed by atoms with Gasteiger partial charge in [-0.25, -0.2) is 23.7 Å². The van der Waals surface area contributed by atoms with Crippen LogP contribution in [0.4, 0.5) is 26.2 Å². The molecule has 0 atom stereocenters. The van der Waals surface area contributed by atoms with Crippen molar-refractivity contribution in [1.82, 2.24) is 19.9 Å². The molecule has 12 heteroatoms. The van der Waals surface area contributed by atoms with Crippen LogP contribution in [0.3, 0.4) is 0 Å². The smallest absolute Gasteiger partial charge is 0.227 e. The number of pyridine rings is 1. The quantitative estimate of drug-likeness (QED) is 0.383. The molecular formula is C26H32F2N6O4.